The van der Waals surface area contributed by atoms with Gasteiger partial charge in [0, 0.05) is 33.5 Å². The van der Waals surface area contributed by atoms with Crippen LogP contribution in [0, 0.1) is 0 Å². The minimum Gasteiger partial charge on any atom is -0.380 e. The Hall–Kier alpha value is -1.52. The van der Waals surface area contributed by atoms with E-state index in [1.54, 1.807) is 0 Å². The number of nitrogens with one attached hydrogen (secondary N) is 1. The maximum atomic E-state index is 5.92. The molecule has 5 heteroatoms. The van der Waals surface area contributed by atoms with E-state index < -0.39 is 0 Å². The highest BCUT2D eigenvalue weighted by Gasteiger charge is 2.04. The first-order valence-corrected chi connectivity index (χ1v) is 7.01. The second-order valence-electron chi connectivity index (χ2n) is 4.18. The van der Waals surface area contributed by atoms with Crippen LogP contribution in [0.4, 0.5) is 5.69 Å². The van der Waals surface area contributed by atoms with Crippen LogP contribution in [-0.2, 0) is 6.54 Å². The van der Waals surface area contributed by atoms with Gasteiger partial charge in [0.1, 0.15) is 0 Å². The number of hydrogen-bond donors (Lipinski definition) is 1. The summed E-state index contributed by atoms with van der Waals surface area (Å²) < 4.78 is 2.82. The van der Waals surface area contributed by atoms with Crippen molar-refractivity contribution < 1.29 is 0 Å². The van der Waals surface area contributed by atoms with Gasteiger partial charge in [-0.05, 0) is 46.3 Å². The highest BCUT2D eigenvalue weighted by atomic mass is 79.9. The molecule has 0 spiro atoms. The van der Waals surface area contributed by atoms with Crippen molar-refractivity contribution in [3.63, 3.8) is 0 Å². The highest BCUT2D eigenvalue weighted by molar-refractivity contribution is 9.10. The van der Waals surface area contributed by atoms with Gasteiger partial charge in [-0.15, -0.1) is 0 Å². The second-order valence-corrected chi connectivity index (χ2v) is 5.47. The number of fused-ring (bicyclic) bond motifs is 1. The maximum absolute atomic E-state index is 5.92. The third-order valence-corrected chi connectivity index (χ3v) is 3.80. The molecular formula is C14H11BrClN3. The van der Waals surface area contributed by atoms with E-state index in [1.807, 2.05) is 47.2 Å². The molecule has 0 radical (unpaired) electrons. The third kappa shape index (κ3) is 2.60. The van der Waals surface area contributed by atoms with E-state index in [1.165, 1.54) is 0 Å². The summed E-state index contributed by atoms with van der Waals surface area (Å²) in [7, 11) is 0. The molecular weight excluding hydrogens is 326 g/mol. The summed E-state index contributed by atoms with van der Waals surface area (Å²) in [6.45, 7) is 0.716. The molecule has 0 bridgehead atoms. The van der Waals surface area contributed by atoms with Crippen LogP contribution >= 0.6 is 27.5 Å². The van der Waals surface area contributed by atoms with Crippen LogP contribution in [0.15, 0.2) is 53.3 Å². The predicted octanol–water partition coefficient (Wildman–Crippen LogP) is 4.36. The van der Waals surface area contributed by atoms with Gasteiger partial charge in [-0.3, -0.25) is 0 Å². The lowest BCUT2D eigenvalue weighted by atomic mass is 10.2. The fraction of sp³-hybridized carbons (Fsp3) is 0.0714. The first kappa shape index (κ1) is 12.5. The molecule has 96 valence electrons. The molecule has 0 saturated carbocycles. The molecule has 0 unspecified atom stereocenters. The lowest BCUT2D eigenvalue weighted by molar-refractivity contribution is 0.961. The van der Waals surface area contributed by atoms with Gasteiger partial charge < -0.3 is 5.32 Å². The second kappa shape index (κ2) is 5.23. The van der Waals surface area contributed by atoms with E-state index in [4.69, 9.17) is 11.6 Å². The lowest BCUT2D eigenvalue weighted by Gasteiger charge is -2.08. The lowest BCUT2D eigenvalue weighted by Crippen LogP contribution is -1.99. The van der Waals surface area contributed by atoms with Gasteiger partial charge in [-0.2, -0.15) is 5.10 Å². The third-order valence-electron chi connectivity index (χ3n) is 2.91. The number of anilines is 1. The fourth-order valence-corrected chi connectivity index (χ4v) is 2.77. The van der Waals surface area contributed by atoms with Gasteiger partial charge in [0.05, 0.1) is 11.7 Å². The Labute approximate surface area is 124 Å². The van der Waals surface area contributed by atoms with Crippen molar-refractivity contribution in [3.8, 4) is 0 Å². The summed E-state index contributed by atoms with van der Waals surface area (Å²) in [6.07, 6.45) is 3.82. The van der Waals surface area contributed by atoms with Crippen LogP contribution in [0.5, 0.6) is 0 Å². The zero-order valence-corrected chi connectivity index (χ0v) is 12.3. The zero-order valence-electron chi connectivity index (χ0n) is 9.98. The van der Waals surface area contributed by atoms with Crippen LogP contribution in [0.25, 0.3) is 5.52 Å². The van der Waals surface area contributed by atoms with E-state index in [9.17, 15) is 0 Å². The van der Waals surface area contributed by atoms with E-state index >= 15 is 0 Å². The molecule has 1 aromatic carbocycles. The molecule has 0 amide bonds. The minimum atomic E-state index is 0.716. The van der Waals surface area contributed by atoms with Gasteiger partial charge in [0.15, 0.2) is 0 Å². The topological polar surface area (TPSA) is 29.3 Å². The Morgan fingerprint density at radius 3 is 3.00 bits per heavy atom. The van der Waals surface area contributed by atoms with Gasteiger partial charge in [0.2, 0.25) is 0 Å². The molecule has 19 heavy (non-hydrogen) atoms. The summed E-state index contributed by atoms with van der Waals surface area (Å²) >= 11 is 9.42. The molecule has 0 fully saturated rings. The molecule has 0 aliphatic rings. The van der Waals surface area contributed by atoms with E-state index in [0.29, 0.717) is 11.6 Å². The summed E-state index contributed by atoms with van der Waals surface area (Å²) in [5.74, 6) is 0. The largest absolute Gasteiger partial charge is 0.380 e. The minimum absolute atomic E-state index is 0.716. The van der Waals surface area contributed by atoms with Gasteiger partial charge in [0.25, 0.3) is 0 Å². The zero-order chi connectivity index (χ0) is 13.2. The summed E-state index contributed by atoms with van der Waals surface area (Å²) in [5.41, 5.74) is 3.28. The molecule has 3 aromatic rings. The monoisotopic (exact) mass is 335 g/mol. The molecule has 1 N–H and O–H groups in total. The molecule has 0 saturated heterocycles. The van der Waals surface area contributed by atoms with Gasteiger partial charge in [-0.1, -0.05) is 17.7 Å². The van der Waals surface area contributed by atoms with E-state index in [-0.39, 0.29) is 0 Å². The summed E-state index contributed by atoms with van der Waals surface area (Å²) in [5, 5.41) is 8.40. The van der Waals surface area contributed by atoms with Gasteiger partial charge in [-0.25, -0.2) is 4.52 Å². The fourth-order valence-electron chi connectivity index (χ4n) is 1.95. The SMILES string of the molecule is Clc1ccc(NCc2cnn3ccccc23)c(Br)c1. The highest BCUT2D eigenvalue weighted by Crippen LogP contribution is 2.26. The van der Waals surface area contributed by atoms with Crippen molar-refractivity contribution >= 4 is 38.7 Å². The number of aromatic nitrogens is 2. The van der Waals surface area contributed by atoms with E-state index in [2.05, 4.69) is 32.4 Å². The van der Waals surface area contributed by atoms with E-state index in [0.717, 1.165) is 21.2 Å². The predicted molar refractivity (Wildman–Crippen MR) is 81.7 cm³/mol. The van der Waals surface area contributed by atoms with Crippen molar-refractivity contribution in [1.82, 2.24) is 9.61 Å². The maximum Gasteiger partial charge on any atom is 0.0711 e. The number of nitrogens with zero attached hydrogens (tertiary/aromatic N) is 2. The van der Waals surface area contributed by atoms with Crippen molar-refractivity contribution in [2.45, 2.75) is 6.54 Å². The summed E-state index contributed by atoms with van der Waals surface area (Å²) in [6, 6.07) is 11.7. The van der Waals surface area contributed by atoms with Crippen molar-refractivity contribution in [2.24, 2.45) is 0 Å². The van der Waals surface area contributed by atoms with Crippen LogP contribution in [0.1, 0.15) is 5.56 Å². The van der Waals surface area contributed by atoms with Crippen LogP contribution < -0.4 is 5.32 Å². The first-order valence-electron chi connectivity index (χ1n) is 5.84. The molecule has 0 aliphatic carbocycles. The van der Waals surface area contributed by atoms with Crippen molar-refractivity contribution in [3.05, 3.63) is 63.9 Å². The van der Waals surface area contributed by atoms with Crippen molar-refractivity contribution in [2.75, 3.05) is 5.32 Å². The number of rotatable bonds is 3. The Morgan fingerprint density at radius 2 is 2.16 bits per heavy atom. The molecule has 0 atom stereocenters. The molecule has 2 aromatic heterocycles. The molecule has 0 aliphatic heterocycles. The first-order chi connectivity index (χ1) is 9.24. The normalized spacial score (nSPS) is 10.8. The Balaban J connectivity index is 1.82. The smallest absolute Gasteiger partial charge is 0.0711 e. The Kier molecular flexibility index (Phi) is 3.44. The number of benzene rings is 1. The number of hydrogen-bond acceptors (Lipinski definition) is 2. The number of pyridine rings is 1. The average molecular weight is 337 g/mol. The summed E-state index contributed by atoms with van der Waals surface area (Å²) in [4.78, 5) is 0. The molecule has 3 rings (SSSR count). The Bertz CT molecular complexity index is 724. The number of halogens is 2. The van der Waals surface area contributed by atoms with Crippen LogP contribution in [-0.4, -0.2) is 9.61 Å². The van der Waals surface area contributed by atoms with Crippen molar-refractivity contribution in [1.29, 1.82) is 0 Å². The van der Waals surface area contributed by atoms with Crippen LogP contribution in [0.2, 0.25) is 5.02 Å². The Morgan fingerprint density at radius 1 is 1.26 bits per heavy atom. The molecule has 3 nitrogen and oxygen atoms in total. The van der Waals surface area contributed by atoms with Crippen LogP contribution in [0.3, 0.4) is 0 Å². The quantitative estimate of drug-likeness (QED) is 0.770. The average Bonchev–Trinajstić information content (AvgIpc) is 2.81. The standard InChI is InChI=1S/C14H11BrClN3/c15-12-7-11(16)4-5-13(12)17-8-10-9-18-19-6-2-1-3-14(10)19/h1-7,9,17H,8H2. The van der Waals surface area contributed by atoms with Gasteiger partial charge >= 0.3 is 0 Å². The molecule has 2 heterocycles.